The van der Waals surface area contributed by atoms with Crippen molar-refractivity contribution in [3.63, 3.8) is 0 Å². The highest BCUT2D eigenvalue weighted by Gasteiger charge is 2.18. The summed E-state index contributed by atoms with van der Waals surface area (Å²) in [6.45, 7) is 4.54. The molecule has 4 aromatic rings. The van der Waals surface area contributed by atoms with Gasteiger partial charge in [-0.3, -0.25) is 13.8 Å². The lowest BCUT2D eigenvalue weighted by molar-refractivity contribution is 0.308. The number of rotatable bonds is 4. The van der Waals surface area contributed by atoms with Crippen LogP contribution in [0.25, 0.3) is 15.9 Å². The molecule has 0 bridgehead atoms. The summed E-state index contributed by atoms with van der Waals surface area (Å²) >= 11 is 17.7. The second kappa shape index (κ2) is 7.13. The number of halogens is 3. The highest BCUT2D eigenvalue weighted by Crippen LogP contribution is 2.35. The molecule has 3 aromatic heterocycles. The number of imidazole rings is 1. The molecular formula is C18H14BrCl2N3O2S. The van der Waals surface area contributed by atoms with E-state index in [-0.39, 0.29) is 11.5 Å². The largest absolute Gasteiger partial charge is 0.485 e. The molecule has 0 aliphatic heterocycles. The lowest BCUT2D eigenvalue weighted by Gasteiger charge is -2.12. The zero-order valence-corrected chi connectivity index (χ0v) is 18.3. The van der Waals surface area contributed by atoms with Crippen molar-refractivity contribution in [2.24, 2.45) is 0 Å². The summed E-state index contributed by atoms with van der Waals surface area (Å²) in [7, 11) is 0. The molecule has 0 spiro atoms. The van der Waals surface area contributed by atoms with Crippen molar-refractivity contribution in [1.29, 1.82) is 0 Å². The first-order valence-electron chi connectivity index (χ1n) is 8.18. The van der Waals surface area contributed by atoms with Crippen LogP contribution in [0.3, 0.4) is 0 Å². The third kappa shape index (κ3) is 3.06. The number of fused-ring (bicyclic) bond motifs is 2. The molecular weight excluding hydrogens is 473 g/mol. The minimum Gasteiger partial charge on any atom is -0.485 e. The molecule has 9 heteroatoms. The van der Waals surface area contributed by atoms with Crippen LogP contribution in [0.1, 0.15) is 18.2 Å². The number of thiazole rings is 1. The van der Waals surface area contributed by atoms with E-state index in [0.29, 0.717) is 39.1 Å². The topological polar surface area (TPSA) is 48.5 Å². The van der Waals surface area contributed by atoms with E-state index in [9.17, 15) is 4.79 Å². The predicted molar refractivity (Wildman–Crippen MR) is 114 cm³/mol. The van der Waals surface area contributed by atoms with Gasteiger partial charge in [-0.2, -0.15) is 0 Å². The van der Waals surface area contributed by atoms with E-state index in [1.165, 1.54) is 0 Å². The maximum absolute atomic E-state index is 12.1. The number of ether oxygens (including phenoxy) is 1. The van der Waals surface area contributed by atoms with Crippen LogP contribution < -0.4 is 9.61 Å². The molecule has 27 heavy (non-hydrogen) atoms. The molecule has 0 aliphatic carbocycles. The Balaban J connectivity index is 1.77. The Bertz CT molecular complexity index is 1250. The number of benzene rings is 1. The molecule has 0 amide bonds. The molecule has 140 valence electrons. The van der Waals surface area contributed by atoms with E-state index in [1.54, 1.807) is 10.6 Å². The van der Waals surface area contributed by atoms with E-state index in [2.05, 4.69) is 20.9 Å². The molecule has 0 atom stereocenters. The van der Waals surface area contributed by atoms with Gasteiger partial charge in [-0.15, -0.1) is 0 Å². The molecule has 0 aliphatic rings. The van der Waals surface area contributed by atoms with E-state index in [4.69, 9.17) is 27.9 Å². The fourth-order valence-electron chi connectivity index (χ4n) is 3.01. The maximum Gasteiger partial charge on any atom is 0.308 e. The number of hydrogen-bond donors (Lipinski definition) is 0. The standard InChI is InChI=1S/C18H14BrCl2N3O2S/c1-3-23-15-13(27-18(23)25)7-11(20)10(14(15)21)8-26-12-5-4-6-24-16(19)9(2)22-17(12)24/h4-7H,3,8H2,1-2H3. The molecule has 0 N–H and O–H groups in total. The summed E-state index contributed by atoms with van der Waals surface area (Å²) in [6.07, 6.45) is 1.91. The SMILES string of the molecule is CCn1c(=O)sc2cc(Cl)c(COc3cccn4c(Br)c(C)nc34)c(Cl)c21. The van der Waals surface area contributed by atoms with Crippen LogP contribution in [0.15, 0.2) is 33.8 Å². The third-order valence-corrected chi connectivity index (χ3v) is 6.97. The summed E-state index contributed by atoms with van der Waals surface area (Å²) < 4.78 is 11.2. The normalized spacial score (nSPS) is 11.6. The van der Waals surface area contributed by atoms with Crippen molar-refractivity contribution < 1.29 is 4.74 Å². The molecule has 0 radical (unpaired) electrons. The van der Waals surface area contributed by atoms with Crippen LogP contribution in [-0.4, -0.2) is 14.0 Å². The number of nitrogens with zero attached hydrogens (tertiary/aromatic N) is 3. The summed E-state index contributed by atoms with van der Waals surface area (Å²) in [6, 6.07) is 5.51. The number of aryl methyl sites for hydroxylation is 2. The van der Waals surface area contributed by atoms with E-state index in [1.807, 2.05) is 36.6 Å². The van der Waals surface area contributed by atoms with Gasteiger partial charge in [-0.25, -0.2) is 4.98 Å². The molecule has 4 rings (SSSR count). The molecule has 5 nitrogen and oxygen atoms in total. The predicted octanol–water partition coefficient (Wildman–Crippen LogP) is 5.69. The monoisotopic (exact) mass is 485 g/mol. The summed E-state index contributed by atoms with van der Waals surface area (Å²) in [5, 5.41) is 0.926. The highest BCUT2D eigenvalue weighted by molar-refractivity contribution is 9.10. The average Bonchev–Trinajstić information content (AvgIpc) is 3.11. The lowest BCUT2D eigenvalue weighted by Crippen LogP contribution is -2.11. The Morgan fingerprint density at radius 3 is 2.89 bits per heavy atom. The van der Waals surface area contributed by atoms with Crippen LogP contribution in [0, 0.1) is 6.92 Å². The van der Waals surface area contributed by atoms with Gasteiger partial charge in [-0.1, -0.05) is 34.5 Å². The Hall–Kier alpha value is -1.54. The number of aromatic nitrogens is 3. The van der Waals surface area contributed by atoms with Gasteiger partial charge < -0.3 is 4.74 Å². The van der Waals surface area contributed by atoms with Gasteiger partial charge in [0.15, 0.2) is 11.4 Å². The van der Waals surface area contributed by atoms with Crippen molar-refractivity contribution in [2.45, 2.75) is 27.0 Å². The van der Waals surface area contributed by atoms with Gasteiger partial charge in [0.2, 0.25) is 0 Å². The van der Waals surface area contributed by atoms with Crippen molar-refractivity contribution in [1.82, 2.24) is 14.0 Å². The van der Waals surface area contributed by atoms with E-state index < -0.39 is 0 Å². The zero-order chi connectivity index (χ0) is 19.3. The van der Waals surface area contributed by atoms with Gasteiger partial charge in [-0.05, 0) is 48.0 Å². The highest BCUT2D eigenvalue weighted by atomic mass is 79.9. The number of hydrogen-bond acceptors (Lipinski definition) is 4. The quantitative estimate of drug-likeness (QED) is 0.372. The van der Waals surface area contributed by atoms with Crippen LogP contribution in [0.2, 0.25) is 10.0 Å². The molecule has 0 fully saturated rings. The molecule has 0 unspecified atom stereocenters. The van der Waals surface area contributed by atoms with Gasteiger partial charge in [0.05, 0.1) is 26.0 Å². The van der Waals surface area contributed by atoms with Crippen molar-refractivity contribution in [3.05, 3.63) is 60.0 Å². The van der Waals surface area contributed by atoms with Crippen LogP contribution >= 0.6 is 50.5 Å². The van der Waals surface area contributed by atoms with E-state index in [0.717, 1.165) is 26.3 Å². The van der Waals surface area contributed by atoms with Crippen LogP contribution in [0.4, 0.5) is 0 Å². The summed E-state index contributed by atoms with van der Waals surface area (Å²) in [4.78, 5) is 16.6. The minimum atomic E-state index is -0.0500. The Morgan fingerprint density at radius 2 is 2.15 bits per heavy atom. The molecule has 3 heterocycles. The smallest absolute Gasteiger partial charge is 0.308 e. The lowest BCUT2D eigenvalue weighted by atomic mass is 10.2. The van der Waals surface area contributed by atoms with Crippen molar-refractivity contribution in [3.8, 4) is 5.75 Å². The third-order valence-electron chi connectivity index (χ3n) is 4.34. The van der Waals surface area contributed by atoms with Crippen LogP contribution in [-0.2, 0) is 13.2 Å². The Labute approximate surface area is 177 Å². The van der Waals surface area contributed by atoms with Gasteiger partial charge in [0.25, 0.3) is 0 Å². The summed E-state index contributed by atoms with van der Waals surface area (Å²) in [5.41, 5.74) is 2.93. The van der Waals surface area contributed by atoms with Gasteiger partial charge in [0.1, 0.15) is 11.2 Å². The Morgan fingerprint density at radius 1 is 1.37 bits per heavy atom. The fourth-order valence-corrected chi connectivity index (χ4v) is 5.17. The second-order valence-corrected chi connectivity index (χ2v) is 8.48. The van der Waals surface area contributed by atoms with Gasteiger partial charge in [0, 0.05) is 18.3 Å². The molecule has 0 saturated heterocycles. The van der Waals surface area contributed by atoms with Crippen LogP contribution in [0.5, 0.6) is 5.75 Å². The van der Waals surface area contributed by atoms with E-state index >= 15 is 0 Å². The first-order chi connectivity index (χ1) is 12.9. The second-order valence-electron chi connectivity index (χ2n) is 5.95. The maximum atomic E-state index is 12.1. The average molecular weight is 487 g/mol. The molecule has 1 aromatic carbocycles. The minimum absolute atomic E-state index is 0.0500. The first-order valence-corrected chi connectivity index (χ1v) is 10.5. The zero-order valence-electron chi connectivity index (χ0n) is 14.4. The van der Waals surface area contributed by atoms with Crippen molar-refractivity contribution >= 4 is 66.3 Å². The van der Waals surface area contributed by atoms with Gasteiger partial charge >= 0.3 is 4.87 Å². The summed E-state index contributed by atoms with van der Waals surface area (Å²) in [5.74, 6) is 0.622. The fraction of sp³-hybridized carbons (Fsp3) is 0.222. The van der Waals surface area contributed by atoms with Crippen molar-refractivity contribution in [2.75, 3.05) is 0 Å². The Kier molecular flexibility index (Phi) is 4.96. The molecule has 0 saturated carbocycles. The first kappa shape index (κ1) is 18.8. The number of pyridine rings is 1.